The van der Waals surface area contributed by atoms with Crippen LogP contribution in [-0.2, 0) is 11.4 Å². The van der Waals surface area contributed by atoms with E-state index in [2.05, 4.69) is 15.5 Å². The van der Waals surface area contributed by atoms with E-state index >= 15 is 0 Å². The minimum Gasteiger partial charge on any atom is -0.493 e. The minimum atomic E-state index is 0.0302. The standard InChI is InChI=1S/C19H23N3O4S/c1-24-15-4-2-3-5-16(15)25-10-18-21-22-19(26-18)27-11-17(23)20-14-9-12-6-7-13(14)8-12/h2-5,12-14H,6-11H2,1H3,(H,20,23)/t12-,13-,14-/m1/s1. The number of carbonyl (C=O) groups is 1. The summed E-state index contributed by atoms with van der Waals surface area (Å²) in [5, 5.41) is 11.5. The molecule has 1 aromatic carbocycles. The summed E-state index contributed by atoms with van der Waals surface area (Å²) in [4.78, 5) is 12.2. The smallest absolute Gasteiger partial charge is 0.277 e. The average Bonchev–Trinajstić information content (AvgIpc) is 3.42. The highest BCUT2D eigenvalue weighted by atomic mass is 32.2. The lowest BCUT2D eigenvalue weighted by molar-refractivity contribution is -0.119. The highest BCUT2D eigenvalue weighted by molar-refractivity contribution is 7.99. The van der Waals surface area contributed by atoms with E-state index in [9.17, 15) is 4.79 Å². The molecule has 27 heavy (non-hydrogen) atoms. The van der Waals surface area contributed by atoms with E-state index in [1.807, 2.05) is 24.3 Å². The predicted molar refractivity (Wildman–Crippen MR) is 99.7 cm³/mol. The van der Waals surface area contributed by atoms with Gasteiger partial charge in [0.15, 0.2) is 18.1 Å². The number of hydrogen-bond acceptors (Lipinski definition) is 7. The van der Waals surface area contributed by atoms with E-state index in [4.69, 9.17) is 13.9 Å². The van der Waals surface area contributed by atoms with Crippen molar-refractivity contribution in [2.24, 2.45) is 11.8 Å². The van der Waals surface area contributed by atoms with Crippen LogP contribution in [0, 0.1) is 11.8 Å². The molecule has 8 heteroatoms. The Bertz CT molecular complexity index is 797. The fourth-order valence-electron chi connectivity index (χ4n) is 4.03. The summed E-state index contributed by atoms with van der Waals surface area (Å²) in [5.74, 6) is 3.41. The number of thioether (sulfide) groups is 1. The number of nitrogens with one attached hydrogen (secondary N) is 1. The van der Waals surface area contributed by atoms with E-state index in [1.54, 1.807) is 7.11 Å². The van der Waals surface area contributed by atoms with E-state index in [1.165, 1.54) is 31.0 Å². The first kappa shape index (κ1) is 18.2. The van der Waals surface area contributed by atoms with E-state index < -0.39 is 0 Å². The van der Waals surface area contributed by atoms with E-state index in [0.29, 0.717) is 34.6 Å². The number of ether oxygens (including phenoxy) is 2. The highest BCUT2D eigenvalue weighted by Crippen LogP contribution is 2.44. The second kappa shape index (κ2) is 8.21. The molecule has 4 rings (SSSR count). The lowest BCUT2D eigenvalue weighted by Gasteiger charge is -2.22. The summed E-state index contributed by atoms with van der Waals surface area (Å²) in [7, 11) is 1.59. The first-order valence-corrected chi connectivity index (χ1v) is 10.2. The molecule has 1 N–H and O–H groups in total. The molecule has 2 bridgehead atoms. The third-order valence-electron chi connectivity index (χ3n) is 5.28. The predicted octanol–water partition coefficient (Wildman–Crippen LogP) is 3.05. The number of nitrogens with zero attached hydrogens (tertiary/aromatic N) is 2. The Morgan fingerprint density at radius 3 is 2.85 bits per heavy atom. The Balaban J connectivity index is 1.23. The molecule has 2 aliphatic carbocycles. The zero-order valence-corrected chi connectivity index (χ0v) is 16.0. The number of carbonyl (C=O) groups excluding carboxylic acids is 1. The fourth-order valence-corrected chi connectivity index (χ4v) is 4.62. The van der Waals surface area contributed by atoms with Crippen LogP contribution in [0.1, 0.15) is 31.6 Å². The van der Waals surface area contributed by atoms with Gasteiger partial charge < -0.3 is 19.2 Å². The van der Waals surface area contributed by atoms with Gasteiger partial charge in [-0.1, -0.05) is 30.3 Å². The largest absolute Gasteiger partial charge is 0.493 e. The zero-order chi connectivity index (χ0) is 18.6. The molecule has 2 aromatic rings. The van der Waals surface area contributed by atoms with Gasteiger partial charge in [-0.05, 0) is 43.2 Å². The average molecular weight is 389 g/mol. The Kier molecular flexibility index (Phi) is 5.52. The SMILES string of the molecule is COc1ccccc1OCc1nnc(SCC(=O)N[C@@H]2C[C@@H]3CC[C@@H]2C3)o1. The van der Waals surface area contributed by atoms with Crippen LogP contribution in [0.3, 0.4) is 0 Å². The van der Waals surface area contributed by atoms with Crippen LogP contribution in [-0.4, -0.2) is 35.0 Å². The summed E-state index contributed by atoms with van der Waals surface area (Å²) in [6.45, 7) is 0.144. The maximum Gasteiger partial charge on any atom is 0.277 e. The lowest BCUT2D eigenvalue weighted by atomic mass is 9.95. The van der Waals surface area contributed by atoms with Crippen molar-refractivity contribution in [2.45, 2.75) is 43.6 Å². The van der Waals surface area contributed by atoms with Crippen molar-refractivity contribution in [3.8, 4) is 11.5 Å². The van der Waals surface area contributed by atoms with Crippen molar-refractivity contribution < 1.29 is 18.7 Å². The molecule has 7 nitrogen and oxygen atoms in total. The van der Waals surface area contributed by atoms with Crippen LogP contribution < -0.4 is 14.8 Å². The molecule has 3 atom stereocenters. The van der Waals surface area contributed by atoms with Crippen LogP contribution in [0.25, 0.3) is 0 Å². The van der Waals surface area contributed by atoms with Gasteiger partial charge in [-0.2, -0.15) is 0 Å². The van der Waals surface area contributed by atoms with Gasteiger partial charge in [0, 0.05) is 6.04 Å². The number of aromatic nitrogens is 2. The Morgan fingerprint density at radius 1 is 1.26 bits per heavy atom. The maximum atomic E-state index is 12.2. The number of fused-ring (bicyclic) bond motifs is 2. The molecule has 144 valence electrons. The molecular formula is C19H23N3O4S. The fraction of sp³-hybridized carbons (Fsp3) is 0.526. The summed E-state index contributed by atoms with van der Waals surface area (Å²) in [5.41, 5.74) is 0. The van der Waals surface area contributed by atoms with E-state index in [0.717, 1.165) is 12.3 Å². The van der Waals surface area contributed by atoms with Crippen molar-refractivity contribution >= 4 is 17.7 Å². The molecule has 1 heterocycles. The Hall–Kier alpha value is -2.22. The van der Waals surface area contributed by atoms with Crippen molar-refractivity contribution in [1.82, 2.24) is 15.5 Å². The monoisotopic (exact) mass is 389 g/mol. The van der Waals surface area contributed by atoms with Gasteiger partial charge in [0.25, 0.3) is 11.1 Å². The van der Waals surface area contributed by atoms with Crippen LogP contribution in [0.2, 0.25) is 0 Å². The Labute approximate surface area is 162 Å². The molecular weight excluding hydrogens is 366 g/mol. The van der Waals surface area contributed by atoms with Crippen molar-refractivity contribution in [1.29, 1.82) is 0 Å². The Morgan fingerprint density at radius 2 is 2.11 bits per heavy atom. The molecule has 2 fully saturated rings. The topological polar surface area (TPSA) is 86.5 Å². The van der Waals surface area contributed by atoms with Gasteiger partial charge in [-0.3, -0.25) is 4.79 Å². The third kappa shape index (κ3) is 4.37. The molecule has 0 aliphatic heterocycles. The molecule has 1 aromatic heterocycles. The number of rotatable bonds is 8. The second-order valence-electron chi connectivity index (χ2n) is 7.04. The quantitative estimate of drug-likeness (QED) is 0.694. The number of hydrogen-bond donors (Lipinski definition) is 1. The van der Waals surface area contributed by atoms with Gasteiger partial charge >= 0.3 is 0 Å². The van der Waals surface area contributed by atoms with E-state index in [-0.39, 0.29) is 18.3 Å². The number of para-hydroxylation sites is 2. The first-order chi connectivity index (χ1) is 13.2. The third-order valence-corrected chi connectivity index (χ3v) is 6.10. The van der Waals surface area contributed by atoms with Gasteiger partial charge in [0.05, 0.1) is 12.9 Å². The van der Waals surface area contributed by atoms with Crippen LogP contribution in [0.15, 0.2) is 33.9 Å². The minimum absolute atomic E-state index is 0.0302. The molecule has 0 unspecified atom stereocenters. The van der Waals surface area contributed by atoms with Crippen molar-refractivity contribution in [2.75, 3.05) is 12.9 Å². The summed E-state index contributed by atoms with van der Waals surface area (Å²) >= 11 is 1.25. The lowest BCUT2D eigenvalue weighted by Crippen LogP contribution is -2.39. The van der Waals surface area contributed by atoms with Crippen LogP contribution in [0.5, 0.6) is 11.5 Å². The summed E-state index contributed by atoms with van der Waals surface area (Å²) in [6.07, 6.45) is 4.98. The molecule has 1 amide bonds. The normalized spacial score (nSPS) is 23.4. The van der Waals surface area contributed by atoms with Gasteiger partial charge in [0.2, 0.25) is 5.91 Å². The number of benzene rings is 1. The molecule has 2 saturated carbocycles. The first-order valence-electron chi connectivity index (χ1n) is 9.21. The summed E-state index contributed by atoms with van der Waals surface area (Å²) < 4.78 is 16.4. The van der Waals surface area contributed by atoms with Crippen molar-refractivity contribution in [3.63, 3.8) is 0 Å². The van der Waals surface area contributed by atoms with Gasteiger partial charge in [-0.25, -0.2) is 0 Å². The highest BCUT2D eigenvalue weighted by Gasteiger charge is 2.40. The number of methoxy groups -OCH3 is 1. The van der Waals surface area contributed by atoms with Crippen LogP contribution in [0.4, 0.5) is 0 Å². The zero-order valence-electron chi connectivity index (χ0n) is 15.2. The number of amides is 1. The van der Waals surface area contributed by atoms with Crippen molar-refractivity contribution in [3.05, 3.63) is 30.2 Å². The summed E-state index contributed by atoms with van der Waals surface area (Å²) in [6, 6.07) is 7.71. The molecule has 2 aliphatic rings. The van der Waals surface area contributed by atoms with Crippen LogP contribution >= 0.6 is 11.8 Å². The molecule has 0 spiro atoms. The second-order valence-corrected chi connectivity index (χ2v) is 7.97. The maximum absolute atomic E-state index is 12.2. The molecule has 0 radical (unpaired) electrons. The van der Waals surface area contributed by atoms with Gasteiger partial charge in [-0.15, -0.1) is 10.2 Å². The van der Waals surface area contributed by atoms with Gasteiger partial charge in [0.1, 0.15) is 0 Å². The molecule has 0 saturated heterocycles.